The average molecular weight is 169 g/mol. The summed E-state index contributed by atoms with van der Waals surface area (Å²) in [6.45, 7) is 3.74. The Kier molecular flexibility index (Phi) is 6.63. The summed E-state index contributed by atoms with van der Waals surface area (Å²) in [7, 11) is 0. The van der Waals surface area contributed by atoms with E-state index in [0.29, 0.717) is 6.42 Å². The van der Waals surface area contributed by atoms with E-state index in [-0.39, 0.29) is 11.5 Å². The van der Waals surface area contributed by atoms with Crippen molar-refractivity contribution in [3.63, 3.8) is 0 Å². The predicted octanol–water partition coefficient (Wildman–Crippen LogP) is 2.96. The van der Waals surface area contributed by atoms with E-state index in [1.165, 1.54) is 19.3 Å². The Bertz CT molecular complexity index is 152. The van der Waals surface area contributed by atoms with Crippen LogP contribution in [0.15, 0.2) is 0 Å². The average Bonchev–Trinajstić information content (AvgIpc) is 2.03. The van der Waals surface area contributed by atoms with Crippen molar-refractivity contribution in [2.75, 3.05) is 0 Å². The molecule has 70 valence electrons. The summed E-state index contributed by atoms with van der Waals surface area (Å²) in [5, 5.41) is 7.07. The fourth-order valence-corrected chi connectivity index (χ4v) is 1.08. The molecule has 0 radical (unpaired) electrons. The Morgan fingerprint density at radius 3 is 2.25 bits per heavy atom. The van der Waals surface area contributed by atoms with Crippen molar-refractivity contribution in [1.29, 1.82) is 5.41 Å². The largest absolute Gasteiger partial charge is 0.302 e. The van der Waals surface area contributed by atoms with Crippen LogP contribution in [-0.4, -0.2) is 11.5 Å². The van der Waals surface area contributed by atoms with E-state index >= 15 is 0 Å². The maximum Gasteiger partial charge on any atom is 0.176 e. The van der Waals surface area contributed by atoms with Crippen molar-refractivity contribution >= 4 is 11.5 Å². The highest BCUT2D eigenvalue weighted by Gasteiger charge is 2.02. The SMILES string of the molecule is CCCCCCCC(=O)C(C)=N. The summed E-state index contributed by atoms with van der Waals surface area (Å²) in [4.78, 5) is 11.0. The maximum atomic E-state index is 11.0. The second-order valence-corrected chi connectivity index (χ2v) is 3.21. The third-order valence-corrected chi connectivity index (χ3v) is 1.93. The van der Waals surface area contributed by atoms with Crippen molar-refractivity contribution in [3.05, 3.63) is 0 Å². The van der Waals surface area contributed by atoms with Crippen LogP contribution in [-0.2, 0) is 4.79 Å². The summed E-state index contributed by atoms with van der Waals surface area (Å²) >= 11 is 0. The monoisotopic (exact) mass is 169 g/mol. The van der Waals surface area contributed by atoms with Gasteiger partial charge in [0.25, 0.3) is 0 Å². The second kappa shape index (κ2) is 7.01. The van der Waals surface area contributed by atoms with Crippen LogP contribution < -0.4 is 0 Å². The van der Waals surface area contributed by atoms with E-state index in [0.717, 1.165) is 12.8 Å². The number of carbonyl (C=O) groups is 1. The third kappa shape index (κ3) is 6.08. The summed E-state index contributed by atoms with van der Waals surface area (Å²) in [6, 6.07) is 0. The molecule has 0 rings (SSSR count). The van der Waals surface area contributed by atoms with Gasteiger partial charge in [-0.25, -0.2) is 0 Å². The normalized spacial score (nSPS) is 9.83. The molecule has 0 aromatic carbocycles. The van der Waals surface area contributed by atoms with E-state index in [4.69, 9.17) is 5.41 Å². The molecule has 1 N–H and O–H groups in total. The van der Waals surface area contributed by atoms with Crippen LogP contribution in [0.5, 0.6) is 0 Å². The Hall–Kier alpha value is -0.660. The van der Waals surface area contributed by atoms with Gasteiger partial charge >= 0.3 is 0 Å². The zero-order valence-electron chi connectivity index (χ0n) is 8.15. The van der Waals surface area contributed by atoms with Crippen LogP contribution in [0.3, 0.4) is 0 Å². The lowest BCUT2D eigenvalue weighted by Gasteiger charge is -1.98. The molecule has 0 saturated heterocycles. The zero-order valence-corrected chi connectivity index (χ0v) is 8.15. The molecule has 0 aromatic heterocycles. The standard InChI is InChI=1S/C10H19NO/c1-3-4-5-6-7-8-10(12)9(2)11/h11H,3-8H2,1-2H3. The summed E-state index contributed by atoms with van der Waals surface area (Å²) in [5.74, 6) is 0.00602. The highest BCUT2D eigenvalue weighted by Crippen LogP contribution is 2.05. The fourth-order valence-electron chi connectivity index (χ4n) is 1.08. The molecule has 0 bridgehead atoms. The second-order valence-electron chi connectivity index (χ2n) is 3.21. The van der Waals surface area contributed by atoms with Crippen molar-refractivity contribution in [1.82, 2.24) is 0 Å². The fraction of sp³-hybridized carbons (Fsp3) is 0.800. The molecule has 0 aliphatic carbocycles. The highest BCUT2D eigenvalue weighted by molar-refractivity contribution is 6.37. The molecule has 12 heavy (non-hydrogen) atoms. The summed E-state index contributed by atoms with van der Waals surface area (Å²) < 4.78 is 0. The lowest BCUT2D eigenvalue weighted by Crippen LogP contribution is -2.07. The maximum absolute atomic E-state index is 11.0. The van der Waals surface area contributed by atoms with Crippen LogP contribution in [0, 0.1) is 5.41 Å². The molecule has 0 spiro atoms. The van der Waals surface area contributed by atoms with Gasteiger partial charge in [-0.1, -0.05) is 32.6 Å². The first-order chi connectivity index (χ1) is 5.68. The van der Waals surface area contributed by atoms with Crippen LogP contribution in [0.2, 0.25) is 0 Å². The number of rotatable bonds is 7. The van der Waals surface area contributed by atoms with E-state index < -0.39 is 0 Å². The Balaban J connectivity index is 3.20. The summed E-state index contributed by atoms with van der Waals surface area (Å²) in [5.41, 5.74) is 0.200. The van der Waals surface area contributed by atoms with E-state index in [1.807, 2.05) is 0 Å². The first kappa shape index (κ1) is 11.3. The molecular weight excluding hydrogens is 150 g/mol. The minimum atomic E-state index is 0.00602. The number of carbonyl (C=O) groups excluding carboxylic acids is 1. The number of hydrogen-bond donors (Lipinski definition) is 1. The molecule has 0 atom stereocenters. The van der Waals surface area contributed by atoms with Crippen LogP contribution in [0.25, 0.3) is 0 Å². The van der Waals surface area contributed by atoms with Gasteiger partial charge in [-0.2, -0.15) is 0 Å². The van der Waals surface area contributed by atoms with Crippen molar-refractivity contribution < 1.29 is 4.79 Å². The number of nitrogens with one attached hydrogen (secondary N) is 1. The Labute approximate surface area is 74.9 Å². The van der Waals surface area contributed by atoms with Gasteiger partial charge in [-0.05, 0) is 13.3 Å². The molecule has 0 fully saturated rings. The molecule has 0 aliphatic rings. The molecule has 2 nitrogen and oxygen atoms in total. The Morgan fingerprint density at radius 1 is 1.17 bits per heavy atom. The number of hydrogen-bond acceptors (Lipinski definition) is 2. The van der Waals surface area contributed by atoms with Crippen molar-refractivity contribution in [3.8, 4) is 0 Å². The van der Waals surface area contributed by atoms with Gasteiger partial charge in [0, 0.05) is 6.42 Å². The number of unbranched alkanes of at least 4 members (excludes halogenated alkanes) is 4. The van der Waals surface area contributed by atoms with Gasteiger partial charge in [0.2, 0.25) is 0 Å². The van der Waals surface area contributed by atoms with Crippen molar-refractivity contribution in [2.45, 2.75) is 52.4 Å². The molecule has 2 heteroatoms. The smallest absolute Gasteiger partial charge is 0.176 e. The van der Waals surface area contributed by atoms with Gasteiger partial charge in [0.1, 0.15) is 0 Å². The van der Waals surface area contributed by atoms with Crippen LogP contribution in [0.4, 0.5) is 0 Å². The molecule has 0 amide bonds. The topological polar surface area (TPSA) is 40.9 Å². The van der Waals surface area contributed by atoms with E-state index in [1.54, 1.807) is 6.92 Å². The zero-order chi connectivity index (χ0) is 9.40. The van der Waals surface area contributed by atoms with Gasteiger partial charge in [-0.3, -0.25) is 4.79 Å². The molecular formula is C10H19NO. The van der Waals surface area contributed by atoms with Gasteiger partial charge in [0.15, 0.2) is 5.78 Å². The van der Waals surface area contributed by atoms with Gasteiger partial charge in [-0.15, -0.1) is 0 Å². The van der Waals surface area contributed by atoms with Crippen LogP contribution >= 0.6 is 0 Å². The first-order valence-electron chi connectivity index (χ1n) is 4.76. The molecule has 0 heterocycles. The van der Waals surface area contributed by atoms with Crippen LogP contribution in [0.1, 0.15) is 52.4 Å². The quantitative estimate of drug-likeness (QED) is 0.462. The minimum absolute atomic E-state index is 0.00602. The third-order valence-electron chi connectivity index (χ3n) is 1.93. The van der Waals surface area contributed by atoms with Gasteiger partial charge < -0.3 is 5.41 Å². The molecule has 0 unspecified atom stereocenters. The number of ketones is 1. The molecule has 0 aliphatic heterocycles. The van der Waals surface area contributed by atoms with E-state index in [2.05, 4.69) is 6.92 Å². The summed E-state index contributed by atoms with van der Waals surface area (Å²) in [6.07, 6.45) is 6.37. The lowest BCUT2D eigenvalue weighted by atomic mass is 10.1. The highest BCUT2D eigenvalue weighted by atomic mass is 16.1. The molecule has 0 saturated carbocycles. The predicted molar refractivity (Wildman–Crippen MR) is 51.8 cm³/mol. The van der Waals surface area contributed by atoms with Gasteiger partial charge in [0.05, 0.1) is 5.71 Å². The first-order valence-corrected chi connectivity index (χ1v) is 4.76. The van der Waals surface area contributed by atoms with Crippen molar-refractivity contribution in [2.24, 2.45) is 0 Å². The number of Topliss-reactive ketones (excluding diaryl/α,β-unsaturated/α-hetero) is 1. The van der Waals surface area contributed by atoms with E-state index in [9.17, 15) is 4.79 Å². The lowest BCUT2D eigenvalue weighted by molar-refractivity contribution is -0.113. The Morgan fingerprint density at radius 2 is 1.75 bits per heavy atom. The molecule has 0 aromatic rings. The minimum Gasteiger partial charge on any atom is -0.302 e.